The zero-order valence-corrected chi connectivity index (χ0v) is 17.9. The first-order chi connectivity index (χ1) is 13.8. The van der Waals surface area contributed by atoms with Gasteiger partial charge in [0.2, 0.25) is 0 Å². The summed E-state index contributed by atoms with van der Waals surface area (Å²) in [5.74, 6) is 0.851. The fourth-order valence-electron chi connectivity index (χ4n) is 3.67. The van der Waals surface area contributed by atoms with Gasteiger partial charge >= 0.3 is 0 Å². The van der Waals surface area contributed by atoms with Crippen LogP contribution in [0.3, 0.4) is 0 Å². The SMILES string of the molecule is COc1ccc(N(C)S(=O)(=O)c2cccc(C(=O)N[C@H]3CCCC[C@H]3C)c2)cc1. The molecule has 1 N–H and O–H groups in total. The molecule has 1 aliphatic carbocycles. The molecule has 29 heavy (non-hydrogen) atoms. The second-order valence-electron chi connectivity index (χ2n) is 7.54. The fraction of sp³-hybridized carbons (Fsp3) is 0.409. The number of anilines is 1. The van der Waals surface area contributed by atoms with Crippen molar-refractivity contribution < 1.29 is 17.9 Å². The third kappa shape index (κ3) is 4.72. The van der Waals surface area contributed by atoms with Gasteiger partial charge in [-0.15, -0.1) is 0 Å². The molecule has 0 aliphatic heterocycles. The number of sulfonamides is 1. The standard InChI is InChI=1S/C22H28N2O4S/c1-16-7-4-5-10-21(16)23-22(25)17-8-6-9-20(15-17)29(26,27)24(2)18-11-13-19(28-3)14-12-18/h6,8-9,11-16,21H,4-5,7,10H2,1-3H3,(H,23,25)/t16-,21+/m1/s1. The second kappa shape index (κ2) is 8.86. The third-order valence-electron chi connectivity index (χ3n) is 5.62. The highest BCUT2D eigenvalue weighted by molar-refractivity contribution is 7.92. The van der Waals surface area contributed by atoms with E-state index in [9.17, 15) is 13.2 Å². The molecule has 0 unspecified atom stereocenters. The largest absolute Gasteiger partial charge is 0.497 e. The van der Waals surface area contributed by atoms with E-state index in [0.717, 1.165) is 19.3 Å². The van der Waals surface area contributed by atoms with Crippen molar-refractivity contribution in [3.8, 4) is 5.75 Å². The Morgan fingerprint density at radius 2 is 1.79 bits per heavy atom. The van der Waals surface area contributed by atoms with E-state index in [2.05, 4.69) is 12.2 Å². The molecule has 1 saturated carbocycles. The van der Waals surface area contributed by atoms with E-state index < -0.39 is 10.0 Å². The summed E-state index contributed by atoms with van der Waals surface area (Å²) >= 11 is 0. The number of hydrogen-bond donors (Lipinski definition) is 1. The van der Waals surface area contributed by atoms with Gasteiger partial charge in [0.1, 0.15) is 5.75 Å². The minimum atomic E-state index is -3.80. The number of carbonyl (C=O) groups excluding carboxylic acids is 1. The molecule has 156 valence electrons. The first-order valence-corrected chi connectivity index (χ1v) is 11.3. The summed E-state index contributed by atoms with van der Waals surface area (Å²) in [6.07, 6.45) is 4.37. The van der Waals surface area contributed by atoms with Crippen LogP contribution in [-0.2, 0) is 10.0 Å². The van der Waals surface area contributed by atoms with Crippen LogP contribution in [0.4, 0.5) is 5.69 Å². The average molecular weight is 417 g/mol. The van der Waals surface area contributed by atoms with Crippen molar-refractivity contribution in [3.63, 3.8) is 0 Å². The van der Waals surface area contributed by atoms with Gasteiger partial charge in [0, 0.05) is 18.7 Å². The Hall–Kier alpha value is -2.54. The highest BCUT2D eigenvalue weighted by Crippen LogP contribution is 2.26. The minimum Gasteiger partial charge on any atom is -0.497 e. The van der Waals surface area contributed by atoms with Crippen molar-refractivity contribution in [2.45, 2.75) is 43.5 Å². The smallest absolute Gasteiger partial charge is 0.264 e. The number of rotatable bonds is 6. The molecule has 0 radical (unpaired) electrons. The van der Waals surface area contributed by atoms with Gasteiger partial charge in [-0.1, -0.05) is 25.8 Å². The van der Waals surface area contributed by atoms with Gasteiger partial charge in [0.25, 0.3) is 15.9 Å². The first-order valence-electron chi connectivity index (χ1n) is 9.87. The van der Waals surface area contributed by atoms with E-state index in [4.69, 9.17) is 4.74 Å². The fourth-order valence-corrected chi connectivity index (χ4v) is 4.91. The number of nitrogens with zero attached hydrogens (tertiary/aromatic N) is 1. The van der Waals surface area contributed by atoms with Crippen LogP contribution in [0.15, 0.2) is 53.4 Å². The summed E-state index contributed by atoms with van der Waals surface area (Å²) in [7, 11) is -0.750. The molecule has 0 saturated heterocycles. The molecule has 3 rings (SSSR count). The molecular formula is C22H28N2O4S. The lowest BCUT2D eigenvalue weighted by Gasteiger charge is -2.29. The Bertz CT molecular complexity index is 957. The number of ether oxygens (including phenoxy) is 1. The Labute approximate surface area is 172 Å². The van der Waals surface area contributed by atoms with E-state index >= 15 is 0 Å². The van der Waals surface area contributed by atoms with Crippen molar-refractivity contribution in [1.82, 2.24) is 5.32 Å². The van der Waals surface area contributed by atoms with Crippen LogP contribution in [0.2, 0.25) is 0 Å². The van der Waals surface area contributed by atoms with Crippen LogP contribution in [0, 0.1) is 5.92 Å². The van der Waals surface area contributed by atoms with Gasteiger partial charge in [-0.3, -0.25) is 9.10 Å². The van der Waals surface area contributed by atoms with Gasteiger partial charge in [0.05, 0.1) is 17.7 Å². The van der Waals surface area contributed by atoms with Crippen molar-refractivity contribution in [3.05, 3.63) is 54.1 Å². The summed E-state index contributed by atoms with van der Waals surface area (Å²) in [5, 5.41) is 3.08. The molecule has 2 aromatic carbocycles. The normalized spacial score (nSPS) is 19.4. The predicted octanol–water partition coefficient (Wildman–Crippen LogP) is 3.83. The van der Waals surface area contributed by atoms with Crippen LogP contribution < -0.4 is 14.4 Å². The summed E-state index contributed by atoms with van der Waals surface area (Å²) in [6.45, 7) is 2.15. The van der Waals surface area contributed by atoms with Gasteiger partial charge in [0.15, 0.2) is 0 Å². The lowest BCUT2D eigenvalue weighted by molar-refractivity contribution is 0.0910. The Morgan fingerprint density at radius 3 is 2.45 bits per heavy atom. The van der Waals surface area contributed by atoms with Gasteiger partial charge in [-0.2, -0.15) is 0 Å². The van der Waals surface area contributed by atoms with E-state index in [1.165, 1.54) is 29.9 Å². The van der Waals surface area contributed by atoms with Crippen molar-refractivity contribution in [1.29, 1.82) is 0 Å². The molecule has 0 aromatic heterocycles. The van der Waals surface area contributed by atoms with Gasteiger partial charge < -0.3 is 10.1 Å². The molecule has 0 heterocycles. The molecule has 7 heteroatoms. The molecule has 1 fully saturated rings. The molecular weight excluding hydrogens is 388 g/mol. The second-order valence-corrected chi connectivity index (χ2v) is 9.51. The maximum absolute atomic E-state index is 13.1. The lowest BCUT2D eigenvalue weighted by Crippen LogP contribution is -2.41. The Balaban J connectivity index is 1.80. The number of carbonyl (C=O) groups is 1. The summed E-state index contributed by atoms with van der Waals surface area (Å²) in [6, 6.07) is 13.1. The van der Waals surface area contributed by atoms with Crippen LogP contribution in [0.1, 0.15) is 43.0 Å². The quantitative estimate of drug-likeness (QED) is 0.777. The van der Waals surface area contributed by atoms with Crippen LogP contribution >= 0.6 is 0 Å². The number of hydrogen-bond acceptors (Lipinski definition) is 4. The van der Waals surface area contributed by atoms with E-state index in [-0.39, 0.29) is 16.8 Å². The van der Waals surface area contributed by atoms with Crippen molar-refractivity contribution >= 4 is 21.6 Å². The summed E-state index contributed by atoms with van der Waals surface area (Å²) in [4.78, 5) is 12.8. The molecule has 0 spiro atoms. The third-order valence-corrected chi connectivity index (χ3v) is 7.40. The number of amides is 1. The van der Waals surface area contributed by atoms with Crippen LogP contribution in [-0.4, -0.2) is 34.5 Å². The summed E-state index contributed by atoms with van der Waals surface area (Å²) in [5.41, 5.74) is 0.865. The van der Waals surface area contributed by atoms with E-state index in [1.54, 1.807) is 43.5 Å². The lowest BCUT2D eigenvalue weighted by atomic mass is 9.86. The maximum Gasteiger partial charge on any atom is 0.264 e. The predicted molar refractivity (Wildman–Crippen MR) is 114 cm³/mol. The van der Waals surface area contributed by atoms with Crippen molar-refractivity contribution in [2.75, 3.05) is 18.5 Å². The first kappa shape index (κ1) is 21.2. The zero-order chi connectivity index (χ0) is 21.0. The molecule has 1 aliphatic rings. The monoisotopic (exact) mass is 416 g/mol. The van der Waals surface area contributed by atoms with Crippen LogP contribution in [0.5, 0.6) is 5.75 Å². The molecule has 2 aromatic rings. The number of benzene rings is 2. The minimum absolute atomic E-state index is 0.0835. The summed E-state index contributed by atoms with van der Waals surface area (Å²) < 4.78 is 32.5. The van der Waals surface area contributed by atoms with E-state index in [1.807, 2.05) is 0 Å². The number of methoxy groups -OCH3 is 1. The zero-order valence-electron chi connectivity index (χ0n) is 17.1. The van der Waals surface area contributed by atoms with Gasteiger partial charge in [-0.25, -0.2) is 8.42 Å². The number of nitrogens with one attached hydrogen (secondary N) is 1. The highest BCUT2D eigenvalue weighted by atomic mass is 32.2. The van der Waals surface area contributed by atoms with Crippen molar-refractivity contribution in [2.24, 2.45) is 5.92 Å². The topological polar surface area (TPSA) is 75.7 Å². The molecule has 2 atom stereocenters. The van der Waals surface area contributed by atoms with E-state index in [0.29, 0.717) is 22.9 Å². The Kier molecular flexibility index (Phi) is 6.47. The highest BCUT2D eigenvalue weighted by Gasteiger charge is 2.25. The molecule has 0 bridgehead atoms. The Morgan fingerprint density at radius 1 is 1.10 bits per heavy atom. The molecule has 6 nitrogen and oxygen atoms in total. The maximum atomic E-state index is 13.1. The molecule has 1 amide bonds. The van der Waals surface area contributed by atoms with Crippen LogP contribution in [0.25, 0.3) is 0 Å². The van der Waals surface area contributed by atoms with Gasteiger partial charge in [-0.05, 0) is 61.2 Å². The average Bonchev–Trinajstić information content (AvgIpc) is 2.75.